The minimum absolute atomic E-state index is 0.179. The number of hydrogen-bond donors (Lipinski definition) is 2. The van der Waals surface area contributed by atoms with E-state index in [4.69, 9.17) is 5.21 Å². The lowest BCUT2D eigenvalue weighted by molar-refractivity contribution is -0.137. The maximum atomic E-state index is 12.2. The number of rotatable bonds is 2. The van der Waals surface area contributed by atoms with Crippen LogP contribution < -0.4 is 5.32 Å². The van der Waals surface area contributed by atoms with Gasteiger partial charge in [-0.2, -0.15) is 13.2 Å². The van der Waals surface area contributed by atoms with Crippen LogP contribution >= 0.6 is 0 Å². The second-order valence-electron chi connectivity index (χ2n) is 2.81. The van der Waals surface area contributed by atoms with Crippen molar-refractivity contribution in [1.82, 2.24) is 0 Å². The van der Waals surface area contributed by atoms with Gasteiger partial charge in [0, 0.05) is 5.69 Å². The molecule has 1 aromatic rings. The van der Waals surface area contributed by atoms with Crippen molar-refractivity contribution < 1.29 is 23.2 Å². The number of anilines is 1. The van der Waals surface area contributed by atoms with Gasteiger partial charge in [0.05, 0.1) is 5.56 Å². The standard InChI is InChI=1S/C9H7F3N2O2/c10-9(11,12)6-1-3-7(4-2-6)14-8(15)5-13-16/h1-5,16H,(H,14,15)/b13-5-. The first kappa shape index (κ1) is 12.0. The third-order valence-electron chi connectivity index (χ3n) is 1.65. The van der Waals surface area contributed by atoms with Crippen molar-refractivity contribution in [3.8, 4) is 0 Å². The third-order valence-corrected chi connectivity index (χ3v) is 1.65. The van der Waals surface area contributed by atoms with Gasteiger partial charge in [-0.1, -0.05) is 5.16 Å². The highest BCUT2D eigenvalue weighted by Crippen LogP contribution is 2.29. The quantitative estimate of drug-likeness (QED) is 0.466. The highest BCUT2D eigenvalue weighted by molar-refractivity contribution is 6.31. The van der Waals surface area contributed by atoms with E-state index in [1.165, 1.54) is 0 Å². The van der Waals surface area contributed by atoms with E-state index < -0.39 is 17.6 Å². The van der Waals surface area contributed by atoms with Gasteiger partial charge in [-0.05, 0) is 24.3 Å². The van der Waals surface area contributed by atoms with Crippen LogP contribution in [0, 0.1) is 0 Å². The Balaban J connectivity index is 2.76. The van der Waals surface area contributed by atoms with E-state index in [0.29, 0.717) is 6.21 Å². The summed E-state index contributed by atoms with van der Waals surface area (Å²) in [4.78, 5) is 10.9. The summed E-state index contributed by atoms with van der Waals surface area (Å²) in [5.41, 5.74) is -0.626. The summed E-state index contributed by atoms with van der Waals surface area (Å²) in [7, 11) is 0. The molecular formula is C9H7F3N2O2. The van der Waals surface area contributed by atoms with Crippen LogP contribution in [0.2, 0.25) is 0 Å². The number of halogens is 3. The van der Waals surface area contributed by atoms with Crippen molar-refractivity contribution in [1.29, 1.82) is 0 Å². The van der Waals surface area contributed by atoms with Crippen LogP contribution in [-0.4, -0.2) is 17.3 Å². The van der Waals surface area contributed by atoms with Gasteiger partial charge < -0.3 is 10.5 Å². The second-order valence-corrected chi connectivity index (χ2v) is 2.81. The summed E-state index contributed by atoms with van der Waals surface area (Å²) < 4.78 is 36.5. The highest BCUT2D eigenvalue weighted by atomic mass is 19.4. The lowest BCUT2D eigenvalue weighted by Crippen LogP contribution is -2.13. The molecule has 0 saturated heterocycles. The van der Waals surface area contributed by atoms with Crippen LogP contribution in [0.25, 0.3) is 0 Å². The molecule has 1 amide bonds. The van der Waals surface area contributed by atoms with Gasteiger partial charge in [0.15, 0.2) is 0 Å². The monoisotopic (exact) mass is 232 g/mol. The number of oxime groups is 1. The van der Waals surface area contributed by atoms with Crippen molar-refractivity contribution in [2.75, 3.05) is 5.32 Å². The molecule has 0 bridgehead atoms. The van der Waals surface area contributed by atoms with Crippen molar-refractivity contribution >= 4 is 17.8 Å². The average Bonchev–Trinajstić information content (AvgIpc) is 2.17. The second kappa shape index (κ2) is 4.65. The zero-order valence-corrected chi connectivity index (χ0v) is 7.82. The first-order valence-corrected chi connectivity index (χ1v) is 4.09. The van der Waals surface area contributed by atoms with Gasteiger partial charge in [-0.3, -0.25) is 4.79 Å². The van der Waals surface area contributed by atoms with Crippen LogP contribution in [0.5, 0.6) is 0 Å². The van der Waals surface area contributed by atoms with Crippen LogP contribution in [0.15, 0.2) is 29.4 Å². The molecule has 0 saturated carbocycles. The summed E-state index contributed by atoms with van der Waals surface area (Å²) in [6.45, 7) is 0. The summed E-state index contributed by atoms with van der Waals surface area (Å²) in [5.74, 6) is -0.734. The molecule has 0 aliphatic heterocycles. The molecule has 0 unspecified atom stereocenters. The maximum absolute atomic E-state index is 12.2. The van der Waals surface area contributed by atoms with E-state index in [1.807, 2.05) is 0 Å². The highest BCUT2D eigenvalue weighted by Gasteiger charge is 2.29. The minimum Gasteiger partial charge on any atom is -0.411 e. The Kier molecular flexibility index (Phi) is 3.49. The van der Waals surface area contributed by atoms with Gasteiger partial charge in [-0.25, -0.2) is 0 Å². The number of benzene rings is 1. The molecule has 16 heavy (non-hydrogen) atoms. The van der Waals surface area contributed by atoms with E-state index in [0.717, 1.165) is 24.3 Å². The number of nitrogens with zero attached hydrogens (tertiary/aromatic N) is 1. The number of carbonyl (C=O) groups excluding carboxylic acids is 1. The largest absolute Gasteiger partial charge is 0.416 e. The number of nitrogens with one attached hydrogen (secondary N) is 1. The fraction of sp³-hybridized carbons (Fsp3) is 0.111. The molecule has 1 rings (SSSR count). The summed E-state index contributed by atoms with van der Waals surface area (Å²) in [5, 5.41) is 12.7. The molecule has 2 N–H and O–H groups in total. The van der Waals surface area contributed by atoms with Gasteiger partial charge in [0.2, 0.25) is 0 Å². The fourth-order valence-corrected chi connectivity index (χ4v) is 0.970. The van der Waals surface area contributed by atoms with E-state index >= 15 is 0 Å². The molecule has 7 heteroatoms. The van der Waals surface area contributed by atoms with Crippen LogP contribution in [0.4, 0.5) is 18.9 Å². The lowest BCUT2D eigenvalue weighted by Gasteiger charge is -2.07. The Morgan fingerprint density at radius 2 is 1.88 bits per heavy atom. The first-order chi connectivity index (χ1) is 7.43. The molecule has 0 atom stereocenters. The normalized spacial score (nSPS) is 11.7. The molecule has 86 valence electrons. The maximum Gasteiger partial charge on any atom is 0.416 e. The predicted molar refractivity (Wildman–Crippen MR) is 50.4 cm³/mol. The molecule has 0 aliphatic rings. The lowest BCUT2D eigenvalue weighted by atomic mass is 10.2. The zero-order valence-electron chi connectivity index (χ0n) is 7.82. The third kappa shape index (κ3) is 3.26. The number of alkyl halides is 3. The zero-order chi connectivity index (χ0) is 12.2. The number of hydrogen-bond acceptors (Lipinski definition) is 3. The summed E-state index contributed by atoms with van der Waals surface area (Å²) in [6, 6.07) is 3.88. The Morgan fingerprint density at radius 3 is 2.31 bits per heavy atom. The van der Waals surface area contributed by atoms with Gasteiger partial charge in [-0.15, -0.1) is 0 Å². The molecule has 1 aromatic carbocycles. The molecule has 0 aromatic heterocycles. The van der Waals surface area contributed by atoms with Gasteiger partial charge in [0.25, 0.3) is 5.91 Å². The molecule has 0 fully saturated rings. The average molecular weight is 232 g/mol. The molecule has 4 nitrogen and oxygen atoms in total. The Bertz CT molecular complexity index is 398. The number of carbonyl (C=O) groups is 1. The Morgan fingerprint density at radius 1 is 1.31 bits per heavy atom. The summed E-state index contributed by atoms with van der Waals surface area (Å²) in [6.07, 6.45) is -3.81. The first-order valence-electron chi connectivity index (χ1n) is 4.09. The van der Waals surface area contributed by atoms with Crippen molar-refractivity contribution in [2.24, 2.45) is 5.16 Å². The SMILES string of the molecule is O=C(/C=N\O)Nc1ccc(C(F)(F)F)cc1. The molecule has 0 radical (unpaired) electrons. The molecular weight excluding hydrogens is 225 g/mol. The summed E-state index contributed by atoms with van der Waals surface area (Å²) >= 11 is 0. The van der Waals surface area contributed by atoms with E-state index in [2.05, 4.69) is 10.5 Å². The van der Waals surface area contributed by atoms with Crippen molar-refractivity contribution in [3.63, 3.8) is 0 Å². The van der Waals surface area contributed by atoms with Crippen LogP contribution in [0.1, 0.15) is 5.56 Å². The van der Waals surface area contributed by atoms with E-state index in [9.17, 15) is 18.0 Å². The predicted octanol–water partition coefficient (Wildman–Crippen LogP) is 2.10. The molecule has 0 spiro atoms. The van der Waals surface area contributed by atoms with Crippen LogP contribution in [-0.2, 0) is 11.0 Å². The van der Waals surface area contributed by atoms with E-state index in [-0.39, 0.29) is 5.69 Å². The number of amides is 1. The van der Waals surface area contributed by atoms with E-state index in [1.54, 1.807) is 0 Å². The Labute approximate surface area is 88.4 Å². The van der Waals surface area contributed by atoms with Crippen molar-refractivity contribution in [2.45, 2.75) is 6.18 Å². The minimum atomic E-state index is -4.41. The topological polar surface area (TPSA) is 61.7 Å². The van der Waals surface area contributed by atoms with Crippen molar-refractivity contribution in [3.05, 3.63) is 29.8 Å². The molecule has 0 heterocycles. The van der Waals surface area contributed by atoms with Gasteiger partial charge in [0.1, 0.15) is 6.21 Å². The van der Waals surface area contributed by atoms with Crippen LogP contribution in [0.3, 0.4) is 0 Å². The Hall–Kier alpha value is -2.05. The smallest absolute Gasteiger partial charge is 0.411 e. The fourth-order valence-electron chi connectivity index (χ4n) is 0.970. The van der Waals surface area contributed by atoms with Gasteiger partial charge >= 0.3 is 6.18 Å². The molecule has 0 aliphatic carbocycles.